The fourth-order valence-electron chi connectivity index (χ4n) is 5.10. The van der Waals surface area contributed by atoms with Crippen LogP contribution in [0.15, 0.2) is 36.5 Å². The van der Waals surface area contributed by atoms with Gasteiger partial charge < -0.3 is 15.5 Å². The van der Waals surface area contributed by atoms with Gasteiger partial charge in [-0.1, -0.05) is 52.0 Å². The molecule has 0 bridgehead atoms. The van der Waals surface area contributed by atoms with Gasteiger partial charge in [0, 0.05) is 30.8 Å². The summed E-state index contributed by atoms with van der Waals surface area (Å²) in [6.07, 6.45) is 5.01. The number of benzene rings is 1. The van der Waals surface area contributed by atoms with Crippen molar-refractivity contribution in [1.82, 2.24) is 15.6 Å². The highest BCUT2D eigenvalue weighted by molar-refractivity contribution is 5.98. The zero-order chi connectivity index (χ0) is 22.0. The number of anilines is 1. The van der Waals surface area contributed by atoms with Crippen LogP contribution in [0.5, 0.6) is 0 Å². The Balaban J connectivity index is 1.62. The maximum Gasteiger partial charge on any atom is 0.253 e. The van der Waals surface area contributed by atoms with Crippen LogP contribution in [0.4, 0.5) is 5.82 Å². The van der Waals surface area contributed by atoms with Crippen molar-refractivity contribution in [2.45, 2.75) is 70.9 Å². The van der Waals surface area contributed by atoms with Crippen molar-refractivity contribution in [3.05, 3.63) is 58.8 Å². The van der Waals surface area contributed by atoms with Crippen molar-refractivity contribution in [2.24, 2.45) is 0 Å². The second-order valence-electron chi connectivity index (χ2n) is 9.55. The molecular formula is C26H36N4O. The Kier molecular flexibility index (Phi) is 6.61. The van der Waals surface area contributed by atoms with Crippen LogP contribution in [-0.4, -0.2) is 36.7 Å². The monoisotopic (exact) mass is 420 g/mol. The molecule has 4 rings (SSSR count). The molecule has 5 nitrogen and oxygen atoms in total. The SMILES string of the molecule is CC(C)c1cccc(C(C)C)c1C(=O)NC1CCCN1c1ncccc1C1CCNC1. The summed E-state index contributed by atoms with van der Waals surface area (Å²) >= 11 is 0. The Morgan fingerprint density at radius 2 is 1.84 bits per heavy atom. The first-order valence-corrected chi connectivity index (χ1v) is 11.8. The minimum absolute atomic E-state index is 0.0178. The van der Waals surface area contributed by atoms with Crippen molar-refractivity contribution < 1.29 is 4.79 Å². The normalized spacial score (nSPS) is 21.3. The largest absolute Gasteiger partial charge is 0.336 e. The minimum atomic E-state index is -0.0178. The molecule has 3 heterocycles. The van der Waals surface area contributed by atoms with Gasteiger partial charge >= 0.3 is 0 Å². The predicted octanol–water partition coefficient (Wildman–Crippen LogP) is 4.76. The third-order valence-electron chi connectivity index (χ3n) is 6.74. The van der Waals surface area contributed by atoms with Crippen LogP contribution in [0.1, 0.15) is 91.8 Å². The maximum atomic E-state index is 13.6. The highest BCUT2D eigenvalue weighted by atomic mass is 16.1. The fraction of sp³-hybridized carbons (Fsp3) is 0.538. The molecule has 166 valence electrons. The molecular weight excluding hydrogens is 384 g/mol. The van der Waals surface area contributed by atoms with Crippen LogP contribution in [0.2, 0.25) is 0 Å². The molecule has 2 fully saturated rings. The third kappa shape index (κ3) is 4.47. The molecule has 1 aromatic carbocycles. The summed E-state index contributed by atoms with van der Waals surface area (Å²) in [5.41, 5.74) is 4.42. The van der Waals surface area contributed by atoms with Gasteiger partial charge in [-0.05, 0) is 60.4 Å². The first-order chi connectivity index (χ1) is 15.0. The molecule has 2 atom stereocenters. The molecule has 0 aliphatic carbocycles. The van der Waals surface area contributed by atoms with Crippen LogP contribution in [0.25, 0.3) is 0 Å². The minimum Gasteiger partial charge on any atom is -0.336 e. The van der Waals surface area contributed by atoms with E-state index in [1.54, 1.807) is 0 Å². The Hall–Kier alpha value is -2.40. The summed E-state index contributed by atoms with van der Waals surface area (Å²) in [6, 6.07) is 10.5. The summed E-state index contributed by atoms with van der Waals surface area (Å²) in [6.45, 7) is 11.6. The van der Waals surface area contributed by atoms with Crippen molar-refractivity contribution in [3.8, 4) is 0 Å². The molecule has 1 amide bonds. The van der Waals surface area contributed by atoms with Crippen molar-refractivity contribution in [2.75, 3.05) is 24.5 Å². The molecule has 2 aliphatic heterocycles. The molecule has 31 heavy (non-hydrogen) atoms. The van der Waals surface area contributed by atoms with Gasteiger partial charge in [-0.2, -0.15) is 0 Å². The van der Waals surface area contributed by atoms with Gasteiger partial charge in [0.2, 0.25) is 0 Å². The number of hydrogen-bond acceptors (Lipinski definition) is 4. The lowest BCUT2D eigenvalue weighted by molar-refractivity contribution is 0.0935. The highest BCUT2D eigenvalue weighted by Crippen LogP contribution is 2.34. The number of rotatable bonds is 6. The van der Waals surface area contributed by atoms with E-state index in [-0.39, 0.29) is 12.1 Å². The number of nitrogens with one attached hydrogen (secondary N) is 2. The number of pyridine rings is 1. The number of amides is 1. The van der Waals surface area contributed by atoms with Crippen LogP contribution in [0.3, 0.4) is 0 Å². The lowest BCUT2D eigenvalue weighted by Gasteiger charge is -2.30. The van der Waals surface area contributed by atoms with Gasteiger partial charge in [-0.25, -0.2) is 4.98 Å². The topological polar surface area (TPSA) is 57.3 Å². The number of aromatic nitrogens is 1. The van der Waals surface area contributed by atoms with E-state index in [9.17, 15) is 4.79 Å². The van der Waals surface area contributed by atoms with E-state index < -0.39 is 0 Å². The van der Waals surface area contributed by atoms with Crippen molar-refractivity contribution >= 4 is 11.7 Å². The zero-order valence-electron chi connectivity index (χ0n) is 19.3. The summed E-state index contributed by atoms with van der Waals surface area (Å²) in [5.74, 6) is 2.19. The molecule has 2 aliphatic rings. The van der Waals surface area contributed by atoms with E-state index in [1.165, 1.54) is 5.56 Å². The fourth-order valence-corrected chi connectivity index (χ4v) is 5.10. The second kappa shape index (κ2) is 9.39. The Labute approximate surface area is 186 Å². The standard InChI is InChI=1S/C26H36N4O/c1-17(2)20-8-5-9-21(18(3)4)24(20)26(31)29-23-11-7-15-30(23)25-22(10-6-13-28-25)19-12-14-27-16-19/h5-6,8-10,13,17-19,23,27H,7,11-12,14-16H2,1-4H3,(H,29,31). The van der Waals surface area contributed by atoms with E-state index in [1.807, 2.05) is 12.3 Å². The van der Waals surface area contributed by atoms with Gasteiger partial charge in [0.25, 0.3) is 5.91 Å². The summed E-state index contributed by atoms with van der Waals surface area (Å²) in [4.78, 5) is 20.7. The van der Waals surface area contributed by atoms with Crippen molar-refractivity contribution in [1.29, 1.82) is 0 Å². The van der Waals surface area contributed by atoms with E-state index in [0.29, 0.717) is 17.8 Å². The van der Waals surface area contributed by atoms with Gasteiger partial charge in [0.15, 0.2) is 0 Å². The quantitative estimate of drug-likeness (QED) is 0.707. The van der Waals surface area contributed by atoms with Crippen LogP contribution >= 0.6 is 0 Å². The average molecular weight is 421 g/mol. The smallest absolute Gasteiger partial charge is 0.253 e. The Bertz CT molecular complexity index is 891. The number of carbonyl (C=O) groups is 1. The first kappa shape index (κ1) is 21.8. The average Bonchev–Trinajstić information content (AvgIpc) is 3.45. The Morgan fingerprint density at radius 1 is 1.10 bits per heavy atom. The van der Waals surface area contributed by atoms with Gasteiger partial charge in [-0.15, -0.1) is 0 Å². The van der Waals surface area contributed by atoms with E-state index in [0.717, 1.165) is 61.4 Å². The molecule has 0 spiro atoms. The Morgan fingerprint density at radius 3 is 2.48 bits per heavy atom. The molecule has 2 N–H and O–H groups in total. The molecule has 2 unspecified atom stereocenters. The van der Waals surface area contributed by atoms with Gasteiger partial charge in [-0.3, -0.25) is 4.79 Å². The highest BCUT2D eigenvalue weighted by Gasteiger charge is 2.32. The second-order valence-corrected chi connectivity index (χ2v) is 9.55. The van der Waals surface area contributed by atoms with E-state index in [4.69, 9.17) is 4.98 Å². The summed E-state index contributed by atoms with van der Waals surface area (Å²) in [5, 5.41) is 6.85. The van der Waals surface area contributed by atoms with Crippen LogP contribution in [0, 0.1) is 0 Å². The lowest BCUT2D eigenvalue weighted by atomic mass is 9.88. The van der Waals surface area contributed by atoms with Gasteiger partial charge in [0.05, 0.1) is 0 Å². The molecule has 2 aromatic rings. The number of carbonyl (C=O) groups excluding carboxylic acids is 1. The number of nitrogens with zero attached hydrogens (tertiary/aromatic N) is 2. The summed E-state index contributed by atoms with van der Waals surface area (Å²) in [7, 11) is 0. The zero-order valence-corrected chi connectivity index (χ0v) is 19.3. The van der Waals surface area contributed by atoms with Crippen LogP contribution in [-0.2, 0) is 0 Å². The molecule has 2 saturated heterocycles. The van der Waals surface area contributed by atoms with E-state index in [2.05, 4.69) is 67.5 Å². The third-order valence-corrected chi connectivity index (χ3v) is 6.74. The van der Waals surface area contributed by atoms with Crippen molar-refractivity contribution in [3.63, 3.8) is 0 Å². The first-order valence-electron chi connectivity index (χ1n) is 11.8. The van der Waals surface area contributed by atoms with Gasteiger partial charge in [0.1, 0.15) is 12.0 Å². The maximum absolute atomic E-state index is 13.6. The lowest BCUT2D eigenvalue weighted by Crippen LogP contribution is -2.45. The molecule has 5 heteroatoms. The summed E-state index contributed by atoms with van der Waals surface area (Å²) < 4.78 is 0. The van der Waals surface area contributed by atoms with E-state index >= 15 is 0 Å². The van der Waals surface area contributed by atoms with Crippen LogP contribution < -0.4 is 15.5 Å². The number of hydrogen-bond donors (Lipinski definition) is 2. The molecule has 1 aromatic heterocycles. The molecule has 0 radical (unpaired) electrons. The predicted molar refractivity (Wildman–Crippen MR) is 127 cm³/mol. The molecule has 0 saturated carbocycles.